The average molecular weight is 227 g/mol. The maximum Gasteiger partial charge on any atom is 0.307 e. The van der Waals surface area contributed by atoms with Gasteiger partial charge in [-0.15, -0.1) is 0 Å². The van der Waals surface area contributed by atoms with Crippen LogP contribution in [0.1, 0.15) is 52.9 Å². The van der Waals surface area contributed by atoms with E-state index in [0.717, 1.165) is 19.0 Å². The number of nitrogens with one attached hydrogen (secondary N) is 1. The third kappa shape index (κ3) is 6.11. The first-order valence-corrected chi connectivity index (χ1v) is 6.40. The van der Waals surface area contributed by atoms with Gasteiger partial charge in [0.2, 0.25) is 0 Å². The van der Waals surface area contributed by atoms with Crippen LogP contribution in [-0.4, -0.2) is 24.7 Å². The van der Waals surface area contributed by atoms with Gasteiger partial charge in [-0.05, 0) is 46.1 Å². The zero-order valence-corrected chi connectivity index (χ0v) is 10.8. The van der Waals surface area contributed by atoms with E-state index in [1.165, 1.54) is 25.7 Å². The highest BCUT2D eigenvalue weighted by atomic mass is 16.6. The molecular formula is C13H25NO2. The molecule has 1 fully saturated rings. The second kappa shape index (κ2) is 6.24. The van der Waals surface area contributed by atoms with Crippen molar-refractivity contribution in [3.05, 3.63) is 0 Å². The summed E-state index contributed by atoms with van der Waals surface area (Å²) in [6.45, 7) is 7.50. The summed E-state index contributed by atoms with van der Waals surface area (Å²) in [4.78, 5) is 11.4. The van der Waals surface area contributed by atoms with Gasteiger partial charge < -0.3 is 10.1 Å². The Balaban J connectivity index is 2.00. The predicted molar refractivity (Wildman–Crippen MR) is 65.3 cm³/mol. The van der Waals surface area contributed by atoms with Crippen LogP contribution < -0.4 is 5.32 Å². The molecule has 1 N–H and O–H groups in total. The average Bonchev–Trinajstić information content (AvgIpc) is 2.62. The SMILES string of the molecule is CC(C)(C)OC(=O)CCNCC1CCCC1. The van der Waals surface area contributed by atoms with Crippen molar-refractivity contribution in [1.82, 2.24) is 5.32 Å². The van der Waals surface area contributed by atoms with Crippen LogP contribution in [0.15, 0.2) is 0 Å². The van der Waals surface area contributed by atoms with Crippen LogP contribution in [0.5, 0.6) is 0 Å². The van der Waals surface area contributed by atoms with E-state index in [1.54, 1.807) is 0 Å². The Bertz CT molecular complexity index is 214. The van der Waals surface area contributed by atoms with E-state index in [1.807, 2.05) is 20.8 Å². The normalized spacial score (nSPS) is 17.7. The lowest BCUT2D eigenvalue weighted by molar-refractivity contribution is -0.154. The van der Waals surface area contributed by atoms with E-state index in [9.17, 15) is 4.79 Å². The van der Waals surface area contributed by atoms with Crippen molar-refractivity contribution in [3.63, 3.8) is 0 Å². The number of rotatable bonds is 5. The standard InChI is InChI=1S/C13H25NO2/c1-13(2,3)16-12(15)8-9-14-10-11-6-4-5-7-11/h11,14H,4-10H2,1-3H3. The van der Waals surface area contributed by atoms with Crippen LogP contribution in [0, 0.1) is 5.92 Å². The minimum Gasteiger partial charge on any atom is -0.460 e. The lowest BCUT2D eigenvalue weighted by atomic mass is 10.1. The van der Waals surface area contributed by atoms with Crippen molar-refractivity contribution in [2.75, 3.05) is 13.1 Å². The van der Waals surface area contributed by atoms with Gasteiger partial charge in [0.1, 0.15) is 5.60 Å². The summed E-state index contributed by atoms with van der Waals surface area (Å²) in [5, 5.41) is 3.34. The zero-order valence-electron chi connectivity index (χ0n) is 10.8. The van der Waals surface area contributed by atoms with Crippen molar-refractivity contribution in [2.45, 2.75) is 58.5 Å². The third-order valence-electron chi connectivity index (χ3n) is 2.83. The van der Waals surface area contributed by atoms with Crippen molar-refractivity contribution in [2.24, 2.45) is 5.92 Å². The fourth-order valence-electron chi connectivity index (χ4n) is 2.10. The molecule has 0 aromatic heterocycles. The third-order valence-corrected chi connectivity index (χ3v) is 2.83. The first-order chi connectivity index (χ1) is 7.47. The van der Waals surface area contributed by atoms with Gasteiger partial charge in [-0.3, -0.25) is 4.79 Å². The molecule has 1 aliphatic carbocycles. The van der Waals surface area contributed by atoms with Gasteiger partial charge in [-0.2, -0.15) is 0 Å². The Morgan fingerprint density at radius 1 is 1.31 bits per heavy atom. The summed E-state index contributed by atoms with van der Waals surface area (Å²) in [5.41, 5.74) is -0.359. The molecule has 0 aromatic rings. The molecule has 0 unspecified atom stereocenters. The van der Waals surface area contributed by atoms with Crippen LogP contribution in [0.25, 0.3) is 0 Å². The Labute approximate surface area is 98.9 Å². The minimum atomic E-state index is -0.359. The Morgan fingerprint density at radius 2 is 1.94 bits per heavy atom. The molecule has 0 spiro atoms. The van der Waals surface area contributed by atoms with Gasteiger partial charge in [0.05, 0.1) is 6.42 Å². The highest BCUT2D eigenvalue weighted by Crippen LogP contribution is 2.23. The topological polar surface area (TPSA) is 38.3 Å². The molecule has 94 valence electrons. The lowest BCUT2D eigenvalue weighted by Gasteiger charge is -2.19. The monoisotopic (exact) mass is 227 g/mol. The van der Waals surface area contributed by atoms with Crippen molar-refractivity contribution >= 4 is 5.97 Å². The van der Waals surface area contributed by atoms with E-state index in [-0.39, 0.29) is 11.6 Å². The fourth-order valence-corrected chi connectivity index (χ4v) is 2.10. The first kappa shape index (κ1) is 13.5. The molecule has 16 heavy (non-hydrogen) atoms. The summed E-state index contributed by atoms with van der Waals surface area (Å²) in [5.74, 6) is 0.727. The highest BCUT2D eigenvalue weighted by Gasteiger charge is 2.16. The van der Waals surface area contributed by atoms with Crippen LogP contribution in [-0.2, 0) is 9.53 Å². The smallest absolute Gasteiger partial charge is 0.307 e. The van der Waals surface area contributed by atoms with Crippen LogP contribution in [0.2, 0.25) is 0 Å². The number of carbonyl (C=O) groups excluding carboxylic acids is 1. The summed E-state index contributed by atoms with van der Waals surface area (Å²) in [6.07, 6.45) is 5.92. The van der Waals surface area contributed by atoms with E-state index in [2.05, 4.69) is 5.32 Å². The zero-order chi connectivity index (χ0) is 12.0. The molecule has 0 aromatic carbocycles. The van der Waals surface area contributed by atoms with Gasteiger partial charge >= 0.3 is 5.97 Å². The molecular weight excluding hydrogens is 202 g/mol. The van der Waals surface area contributed by atoms with E-state index < -0.39 is 0 Å². The molecule has 1 rings (SSSR count). The van der Waals surface area contributed by atoms with Crippen molar-refractivity contribution in [1.29, 1.82) is 0 Å². The number of esters is 1. The molecule has 0 saturated heterocycles. The summed E-state index contributed by atoms with van der Waals surface area (Å²) in [6, 6.07) is 0. The molecule has 0 bridgehead atoms. The second-order valence-electron chi connectivity index (χ2n) is 5.69. The van der Waals surface area contributed by atoms with Crippen LogP contribution in [0.4, 0.5) is 0 Å². The Morgan fingerprint density at radius 3 is 2.50 bits per heavy atom. The molecule has 0 amide bonds. The first-order valence-electron chi connectivity index (χ1n) is 6.40. The van der Waals surface area contributed by atoms with E-state index >= 15 is 0 Å². The maximum absolute atomic E-state index is 11.4. The molecule has 0 heterocycles. The van der Waals surface area contributed by atoms with Gasteiger partial charge in [-0.25, -0.2) is 0 Å². The maximum atomic E-state index is 11.4. The van der Waals surface area contributed by atoms with Gasteiger partial charge in [-0.1, -0.05) is 12.8 Å². The van der Waals surface area contributed by atoms with Gasteiger partial charge in [0.15, 0.2) is 0 Å². The van der Waals surface area contributed by atoms with Gasteiger partial charge in [0, 0.05) is 6.54 Å². The number of ether oxygens (including phenoxy) is 1. The number of hydrogen-bond donors (Lipinski definition) is 1. The summed E-state index contributed by atoms with van der Waals surface area (Å²) in [7, 11) is 0. The molecule has 3 heteroatoms. The molecule has 3 nitrogen and oxygen atoms in total. The highest BCUT2D eigenvalue weighted by molar-refractivity contribution is 5.70. The molecule has 0 radical (unpaired) electrons. The van der Waals surface area contributed by atoms with Gasteiger partial charge in [0.25, 0.3) is 0 Å². The van der Waals surface area contributed by atoms with E-state index in [0.29, 0.717) is 6.42 Å². The molecule has 1 aliphatic rings. The molecule has 0 aliphatic heterocycles. The largest absolute Gasteiger partial charge is 0.460 e. The molecule has 0 atom stereocenters. The minimum absolute atomic E-state index is 0.105. The quantitative estimate of drug-likeness (QED) is 0.579. The summed E-state index contributed by atoms with van der Waals surface area (Å²) < 4.78 is 5.23. The van der Waals surface area contributed by atoms with Crippen molar-refractivity contribution < 1.29 is 9.53 Å². The Hall–Kier alpha value is -0.570. The van der Waals surface area contributed by atoms with Crippen LogP contribution >= 0.6 is 0 Å². The predicted octanol–water partition coefficient (Wildman–Crippen LogP) is 2.50. The molecule has 1 saturated carbocycles. The Kier molecular flexibility index (Phi) is 5.26. The second-order valence-corrected chi connectivity index (χ2v) is 5.69. The number of carbonyl (C=O) groups is 1. The van der Waals surface area contributed by atoms with E-state index in [4.69, 9.17) is 4.74 Å². The van der Waals surface area contributed by atoms with Crippen LogP contribution in [0.3, 0.4) is 0 Å². The lowest BCUT2D eigenvalue weighted by Crippen LogP contribution is -2.28. The fraction of sp³-hybridized carbons (Fsp3) is 0.923. The number of hydrogen-bond acceptors (Lipinski definition) is 3. The van der Waals surface area contributed by atoms with Crippen molar-refractivity contribution in [3.8, 4) is 0 Å². The summed E-state index contributed by atoms with van der Waals surface area (Å²) >= 11 is 0.